The number of halogens is 3. The Morgan fingerprint density at radius 2 is 2.26 bits per heavy atom. The summed E-state index contributed by atoms with van der Waals surface area (Å²) in [5.74, 6) is 0.144. The van der Waals surface area contributed by atoms with Crippen molar-refractivity contribution in [3.63, 3.8) is 0 Å². The lowest BCUT2D eigenvalue weighted by atomic mass is 10.2. The summed E-state index contributed by atoms with van der Waals surface area (Å²) >= 11 is 0. The average Bonchev–Trinajstić information content (AvgIpc) is 2.88. The normalized spacial score (nSPS) is 19.7. The minimum Gasteiger partial charge on any atom is -0.340 e. The van der Waals surface area contributed by atoms with Crippen molar-refractivity contribution in [3.8, 4) is 0 Å². The Bertz CT molecular complexity index is 416. The predicted octanol–water partition coefficient (Wildman–Crippen LogP) is 2.07. The quantitative estimate of drug-likeness (QED) is 0.912. The zero-order valence-corrected chi connectivity index (χ0v) is 10.7. The van der Waals surface area contributed by atoms with Crippen molar-refractivity contribution < 1.29 is 13.2 Å². The van der Waals surface area contributed by atoms with Crippen LogP contribution >= 0.6 is 0 Å². The number of anilines is 1. The number of likely N-dealkylation sites (N-methyl/N-ethyl adjacent to an activating group) is 1. The molecule has 1 atom stereocenters. The summed E-state index contributed by atoms with van der Waals surface area (Å²) in [7, 11) is 0. The van der Waals surface area contributed by atoms with Crippen LogP contribution < -0.4 is 10.2 Å². The standard InChI is InChI=1S/C12H17F3N4/c1-2-19(8-9-4-3-6-16-9)11-17-7-5-10(18-11)12(13,14)15/h5,7,9,16H,2-4,6,8H2,1H3. The van der Waals surface area contributed by atoms with E-state index in [0.717, 1.165) is 31.6 Å². The minimum absolute atomic E-state index is 0.144. The number of hydrogen-bond donors (Lipinski definition) is 1. The lowest BCUT2D eigenvalue weighted by Crippen LogP contribution is -2.38. The summed E-state index contributed by atoms with van der Waals surface area (Å²) in [4.78, 5) is 9.35. The SMILES string of the molecule is CCN(CC1CCCN1)c1nccc(C(F)(F)F)n1. The second-order valence-electron chi connectivity index (χ2n) is 4.57. The van der Waals surface area contributed by atoms with E-state index in [1.807, 2.05) is 6.92 Å². The molecular weight excluding hydrogens is 257 g/mol. The van der Waals surface area contributed by atoms with Crippen LogP contribution in [-0.4, -0.2) is 35.6 Å². The zero-order chi connectivity index (χ0) is 13.9. The van der Waals surface area contributed by atoms with Gasteiger partial charge in [0.1, 0.15) is 5.69 Å². The largest absolute Gasteiger partial charge is 0.433 e. The molecule has 0 bridgehead atoms. The van der Waals surface area contributed by atoms with Gasteiger partial charge in [0.15, 0.2) is 0 Å². The van der Waals surface area contributed by atoms with Gasteiger partial charge in [-0.05, 0) is 32.4 Å². The van der Waals surface area contributed by atoms with E-state index in [1.54, 1.807) is 4.90 Å². The number of nitrogens with one attached hydrogen (secondary N) is 1. The fourth-order valence-electron chi connectivity index (χ4n) is 2.19. The maximum Gasteiger partial charge on any atom is 0.433 e. The smallest absolute Gasteiger partial charge is 0.340 e. The third kappa shape index (κ3) is 3.56. The van der Waals surface area contributed by atoms with Gasteiger partial charge in [0.05, 0.1) is 0 Å². The van der Waals surface area contributed by atoms with Crippen molar-refractivity contribution in [2.75, 3.05) is 24.5 Å². The Labute approximate surface area is 110 Å². The van der Waals surface area contributed by atoms with Gasteiger partial charge in [0.2, 0.25) is 5.95 Å². The maximum atomic E-state index is 12.6. The molecule has 1 aromatic rings. The van der Waals surface area contributed by atoms with Gasteiger partial charge in [-0.2, -0.15) is 13.2 Å². The summed E-state index contributed by atoms with van der Waals surface area (Å²) < 4.78 is 37.9. The van der Waals surface area contributed by atoms with Gasteiger partial charge < -0.3 is 10.2 Å². The van der Waals surface area contributed by atoms with Crippen molar-refractivity contribution in [2.24, 2.45) is 0 Å². The van der Waals surface area contributed by atoms with Gasteiger partial charge in [0, 0.05) is 25.3 Å². The molecule has 0 amide bonds. The van der Waals surface area contributed by atoms with Crippen LogP contribution in [0.2, 0.25) is 0 Å². The molecule has 1 fully saturated rings. The summed E-state index contributed by atoms with van der Waals surface area (Å²) in [6.07, 6.45) is -1.13. The van der Waals surface area contributed by atoms with Crippen LogP contribution in [0.1, 0.15) is 25.5 Å². The lowest BCUT2D eigenvalue weighted by Gasteiger charge is -2.24. The molecule has 1 saturated heterocycles. The molecule has 1 unspecified atom stereocenters. The van der Waals surface area contributed by atoms with E-state index in [-0.39, 0.29) is 5.95 Å². The Morgan fingerprint density at radius 1 is 1.47 bits per heavy atom. The van der Waals surface area contributed by atoms with Gasteiger partial charge in [0.25, 0.3) is 0 Å². The summed E-state index contributed by atoms with van der Waals surface area (Å²) in [6.45, 7) is 4.07. The molecule has 0 aromatic carbocycles. The molecule has 4 nitrogen and oxygen atoms in total. The fraction of sp³-hybridized carbons (Fsp3) is 0.667. The zero-order valence-electron chi connectivity index (χ0n) is 10.7. The number of aromatic nitrogens is 2. The topological polar surface area (TPSA) is 41.0 Å². The third-order valence-corrected chi connectivity index (χ3v) is 3.20. The van der Waals surface area contributed by atoms with Crippen molar-refractivity contribution in [2.45, 2.75) is 32.0 Å². The van der Waals surface area contributed by atoms with E-state index < -0.39 is 11.9 Å². The van der Waals surface area contributed by atoms with Crippen LogP contribution in [0.15, 0.2) is 12.3 Å². The molecule has 1 aromatic heterocycles. The number of alkyl halides is 3. The van der Waals surface area contributed by atoms with Crippen LogP contribution in [0.3, 0.4) is 0 Å². The Balaban J connectivity index is 2.13. The minimum atomic E-state index is -4.43. The molecule has 1 aliphatic heterocycles. The highest BCUT2D eigenvalue weighted by Gasteiger charge is 2.33. The van der Waals surface area contributed by atoms with Crippen LogP contribution in [0.25, 0.3) is 0 Å². The van der Waals surface area contributed by atoms with E-state index in [2.05, 4.69) is 15.3 Å². The predicted molar refractivity (Wildman–Crippen MR) is 65.9 cm³/mol. The number of hydrogen-bond acceptors (Lipinski definition) is 4. The Morgan fingerprint density at radius 3 is 2.84 bits per heavy atom. The van der Waals surface area contributed by atoms with Crippen molar-refractivity contribution in [3.05, 3.63) is 18.0 Å². The lowest BCUT2D eigenvalue weighted by molar-refractivity contribution is -0.141. The van der Waals surface area contributed by atoms with Crippen LogP contribution in [0.5, 0.6) is 0 Å². The van der Waals surface area contributed by atoms with Gasteiger partial charge in [-0.1, -0.05) is 0 Å². The molecule has 0 radical (unpaired) electrons. The first-order valence-electron chi connectivity index (χ1n) is 6.39. The highest BCUT2D eigenvalue weighted by Crippen LogP contribution is 2.28. The first-order valence-corrected chi connectivity index (χ1v) is 6.39. The molecule has 2 rings (SSSR count). The molecule has 0 spiro atoms. The first-order chi connectivity index (χ1) is 9.00. The summed E-state index contributed by atoms with van der Waals surface area (Å²) in [5, 5.41) is 3.32. The van der Waals surface area contributed by atoms with Crippen molar-refractivity contribution >= 4 is 5.95 Å². The van der Waals surface area contributed by atoms with E-state index >= 15 is 0 Å². The molecule has 0 aliphatic carbocycles. The van der Waals surface area contributed by atoms with Gasteiger partial charge in [-0.3, -0.25) is 0 Å². The molecule has 1 N–H and O–H groups in total. The van der Waals surface area contributed by atoms with E-state index in [0.29, 0.717) is 19.1 Å². The highest BCUT2D eigenvalue weighted by molar-refractivity contribution is 5.31. The fourth-order valence-corrected chi connectivity index (χ4v) is 2.19. The molecule has 19 heavy (non-hydrogen) atoms. The summed E-state index contributed by atoms with van der Waals surface area (Å²) in [6, 6.07) is 1.20. The van der Waals surface area contributed by atoms with Crippen LogP contribution in [-0.2, 0) is 6.18 Å². The molecular formula is C12H17F3N4. The third-order valence-electron chi connectivity index (χ3n) is 3.20. The second kappa shape index (κ2) is 5.73. The van der Waals surface area contributed by atoms with Gasteiger partial charge >= 0.3 is 6.18 Å². The molecule has 1 aliphatic rings. The monoisotopic (exact) mass is 274 g/mol. The van der Waals surface area contributed by atoms with E-state index in [4.69, 9.17) is 0 Å². The first kappa shape index (κ1) is 14.0. The number of nitrogens with zero attached hydrogens (tertiary/aromatic N) is 3. The molecule has 2 heterocycles. The molecule has 106 valence electrons. The van der Waals surface area contributed by atoms with E-state index in [9.17, 15) is 13.2 Å². The molecule has 0 saturated carbocycles. The summed E-state index contributed by atoms with van der Waals surface area (Å²) in [5.41, 5.74) is -0.893. The van der Waals surface area contributed by atoms with E-state index in [1.165, 1.54) is 0 Å². The van der Waals surface area contributed by atoms with Crippen molar-refractivity contribution in [1.82, 2.24) is 15.3 Å². The van der Waals surface area contributed by atoms with Crippen LogP contribution in [0.4, 0.5) is 19.1 Å². The second-order valence-corrected chi connectivity index (χ2v) is 4.57. The van der Waals surface area contributed by atoms with Gasteiger partial charge in [-0.25, -0.2) is 9.97 Å². The average molecular weight is 274 g/mol. The molecule has 7 heteroatoms. The Hall–Kier alpha value is -1.37. The van der Waals surface area contributed by atoms with Crippen molar-refractivity contribution in [1.29, 1.82) is 0 Å². The van der Waals surface area contributed by atoms with Gasteiger partial charge in [-0.15, -0.1) is 0 Å². The Kier molecular flexibility index (Phi) is 4.24. The highest BCUT2D eigenvalue weighted by atomic mass is 19.4. The number of rotatable bonds is 4. The van der Waals surface area contributed by atoms with Crippen LogP contribution in [0, 0.1) is 0 Å². The maximum absolute atomic E-state index is 12.6.